The highest BCUT2D eigenvalue weighted by Crippen LogP contribution is 2.20. The molecule has 0 aromatic heterocycles. The standard InChI is InChI=1S/C13H13N3O4S/c1-2-10-3-4-11(9-12(10)13(17)18)21(19,20)16(7-5-14)8-6-15/h3-4,9H,2,7-8H2,1H3,(H,17,18). The van der Waals surface area contributed by atoms with Crippen LogP contribution in [0.1, 0.15) is 22.8 Å². The number of nitrogens with zero attached hydrogens (tertiary/aromatic N) is 3. The van der Waals surface area contributed by atoms with Crippen LogP contribution in [0.5, 0.6) is 0 Å². The lowest BCUT2D eigenvalue weighted by molar-refractivity contribution is 0.0695. The molecule has 1 aromatic carbocycles. The average Bonchev–Trinajstić information content (AvgIpc) is 2.46. The quantitative estimate of drug-likeness (QED) is 0.782. The first kappa shape index (κ1) is 16.6. The molecule has 0 saturated carbocycles. The molecule has 0 aliphatic heterocycles. The molecule has 1 N–H and O–H groups in total. The van der Waals surface area contributed by atoms with E-state index < -0.39 is 29.1 Å². The summed E-state index contributed by atoms with van der Waals surface area (Å²) in [6.45, 7) is 0.801. The zero-order chi connectivity index (χ0) is 16.0. The third-order valence-corrected chi connectivity index (χ3v) is 4.61. The number of aryl methyl sites for hydroxylation is 1. The van der Waals surface area contributed by atoms with Crippen LogP contribution in [0, 0.1) is 22.7 Å². The molecule has 0 aliphatic carbocycles. The van der Waals surface area contributed by atoms with E-state index >= 15 is 0 Å². The molecule has 1 aromatic rings. The highest BCUT2D eigenvalue weighted by atomic mass is 32.2. The number of aromatic carboxylic acids is 1. The lowest BCUT2D eigenvalue weighted by Crippen LogP contribution is -2.32. The summed E-state index contributed by atoms with van der Waals surface area (Å²) in [4.78, 5) is 10.9. The van der Waals surface area contributed by atoms with Crippen molar-refractivity contribution in [2.45, 2.75) is 18.2 Å². The second-order valence-corrected chi connectivity index (χ2v) is 6.00. The number of rotatable bonds is 6. The monoisotopic (exact) mass is 307 g/mol. The maximum absolute atomic E-state index is 12.3. The van der Waals surface area contributed by atoms with Crippen molar-refractivity contribution in [1.82, 2.24) is 4.31 Å². The summed E-state index contributed by atoms with van der Waals surface area (Å²) in [5, 5.41) is 26.4. The van der Waals surface area contributed by atoms with Gasteiger partial charge in [0.05, 0.1) is 22.6 Å². The van der Waals surface area contributed by atoms with E-state index in [-0.39, 0.29) is 10.5 Å². The van der Waals surface area contributed by atoms with Crippen LogP contribution in [0.3, 0.4) is 0 Å². The molecule has 110 valence electrons. The Labute approximate surface area is 122 Å². The SMILES string of the molecule is CCc1ccc(S(=O)(=O)N(CC#N)CC#N)cc1C(=O)O. The molecule has 0 bridgehead atoms. The van der Waals surface area contributed by atoms with Crippen LogP contribution < -0.4 is 0 Å². The zero-order valence-corrected chi connectivity index (χ0v) is 12.1. The third-order valence-electron chi connectivity index (χ3n) is 2.82. The Kier molecular flexibility index (Phi) is 5.42. The highest BCUT2D eigenvalue weighted by Gasteiger charge is 2.25. The summed E-state index contributed by atoms with van der Waals surface area (Å²) >= 11 is 0. The average molecular weight is 307 g/mol. The van der Waals surface area contributed by atoms with Crippen LogP contribution in [0.15, 0.2) is 23.1 Å². The van der Waals surface area contributed by atoms with Crippen molar-refractivity contribution in [3.8, 4) is 12.1 Å². The smallest absolute Gasteiger partial charge is 0.336 e. The van der Waals surface area contributed by atoms with Gasteiger partial charge in [0.1, 0.15) is 13.1 Å². The summed E-state index contributed by atoms with van der Waals surface area (Å²) in [5.41, 5.74) is 0.404. The van der Waals surface area contributed by atoms with Crippen molar-refractivity contribution in [3.63, 3.8) is 0 Å². The van der Waals surface area contributed by atoms with Crippen molar-refractivity contribution < 1.29 is 18.3 Å². The minimum absolute atomic E-state index is 0.104. The summed E-state index contributed by atoms with van der Waals surface area (Å²) in [5.74, 6) is -1.23. The molecule has 0 radical (unpaired) electrons. The number of hydrogen-bond donors (Lipinski definition) is 1. The predicted molar refractivity (Wildman–Crippen MR) is 72.8 cm³/mol. The molecule has 0 fully saturated rings. The van der Waals surface area contributed by atoms with E-state index in [0.29, 0.717) is 16.3 Å². The summed E-state index contributed by atoms with van der Waals surface area (Å²) < 4.78 is 25.3. The van der Waals surface area contributed by atoms with Crippen LogP contribution in [0.2, 0.25) is 0 Å². The molecule has 0 aliphatic rings. The van der Waals surface area contributed by atoms with Gasteiger partial charge in [0.25, 0.3) is 0 Å². The molecular weight excluding hydrogens is 294 g/mol. The van der Waals surface area contributed by atoms with Crippen LogP contribution in [0.25, 0.3) is 0 Å². The Morgan fingerprint density at radius 1 is 1.29 bits per heavy atom. The van der Waals surface area contributed by atoms with E-state index in [1.807, 2.05) is 0 Å². The van der Waals surface area contributed by atoms with Gasteiger partial charge in [0, 0.05) is 0 Å². The zero-order valence-electron chi connectivity index (χ0n) is 11.3. The van der Waals surface area contributed by atoms with Crippen LogP contribution in [-0.2, 0) is 16.4 Å². The van der Waals surface area contributed by atoms with E-state index in [1.54, 1.807) is 19.1 Å². The lowest BCUT2D eigenvalue weighted by Gasteiger charge is -2.16. The minimum atomic E-state index is -4.08. The highest BCUT2D eigenvalue weighted by molar-refractivity contribution is 7.89. The minimum Gasteiger partial charge on any atom is -0.478 e. The molecule has 1 rings (SSSR count). The van der Waals surface area contributed by atoms with Gasteiger partial charge >= 0.3 is 5.97 Å². The van der Waals surface area contributed by atoms with Gasteiger partial charge in [-0.25, -0.2) is 13.2 Å². The first-order valence-corrected chi connectivity index (χ1v) is 7.42. The Bertz CT molecular complexity index is 713. The Hall–Kier alpha value is -2.42. The van der Waals surface area contributed by atoms with Gasteiger partial charge in [-0.2, -0.15) is 14.8 Å². The molecule has 0 atom stereocenters. The van der Waals surface area contributed by atoms with E-state index in [1.165, 1.54) is 12.1 Å². The Morgan fingerprint density at radius 3 is 2.29 bits per heavy atom. The first-order valence-electron chi connectivity index (χ1n) is 5.98. The van der Waals surface area contributed by atoms with E-state index in [9.17, 15) is 13.2 Å². The number of benzene rings is 1. The molecule has 7 nitrogen and oxygen atoms in total. The fourth-order valence-corrected chi connectivity index (χ4v) is 3.02. The van der Waals surface area contributed by atoms with Crippen LogP contribution >= 0.6 is 0 Å². The van der Waals surface area contributed by atoms with Crippen molar-refractivity contribution >= 4 is 16.0 Å². The normalized spacial score (nSPS) is 10.9. The number of carboxylic acids is 1. The number of sulfonamides is 1. The molecule has 0 spiro atoms. The maximum Gasteiger partial charge on any atom is 0.336 e. The fraction of sp³-hybridized carbons (Fsp3) is 0.308. The van der Waals surface area contributed by atoms with Gasteiger partial charge in [-0.1, -0.05) is 13.0 Å². The lowest BCUT2D eigenvalue weighted by atomic mass is 10.1. The van der Waals surface area contributed by atoms with Gasteiger partial charge in [-0.05, 0) is 24.1 Å². The van der Waals surface area contributed by atoms with E-state index in [2.05, 4.69) is 0 Å². The first-order chi connectivity index (χ1) is 9.88. The van der Waals surface area contributed by atoms with E-state index in [0.717, 1.165) is 6.07 Å². The number of nitriles is 2. The summed E-state index contributed by atoms with van der Waals surface area (Å²) in [6.07, 6.45) is 0.446. The Balaban J connectivity index is 3.38. The fourth-order valence-electron chi connectivity index (χ4n) is 1.76. The molecule has 0 heterocycles. The predicted octanol–water partition coefficient (Wildman–Crippen LogP) is 0.985. The molecular formula is C13H13N3O4S. The van der Waals surface area contributed by atoms with Crippen molar-refractivity contribution in [3.05, 3.63) is 29.3 Å². The van der Waals surface area contributed by atoms with Crippen molar-refractivity contribution in [2.24, 2.45) is 0 Å². The number of carbonyl (C=O) groups is 1. The number of carboxylic acid groups (broad SMARTS) is 1. The van der Waals surface area contributed by atoms with Crippen molar-refractivity contribution in [2.75, 3.05) is 13.1 Å². The topological polar surface area (TPSA) is 122 Å². The molecule has 0 unspecified atom stereocenters. The summed E-state index contributed by atoms with van der Waals surface area (Å²) in [6, 6.07) is 7.09. The second kappa shape index (κ2) is 6.84. The maximum atomic E-state index is 12.3. The molecule has 0 saturated heterocycles. The summed E-state index contributed by atoms with van der Waals surface area (Å²) in [7, 11) is -4.08. The van der Waals surface area contributed by atoms with Gasteiger partial charge < -0.3 is 5.11 Å². The number of hydrogen-bond acceptors (Lipinski definition) is 5. The Morgan fingerprint density at radius 2 is 1.86 bits per heavy atom. The largest absolute Gasteiger partial charge is 0.478 e. The van der Waals surface area contributed by atoms with Crippen LogP contribution in [-0.4, -0.2) is 36.9 Å². The van der Waals surface area contributed by atoms with Crippen LogP contribution in [0.4, 0.5) is 0 Å². The second-order valence-electron chi connectivity index (χ2n) is 4.07. The van der Waals surface area contributed by atoms with E-state index in [4.69, 9.17) is 15.6 Å². The molecule has 8 heteroatoms. The molecule has 0 amide bonds. The third kappa shape index (κ3) is 3.57. The van der Waals surface area contributed by atoms with Gasteiger partial charge in [-0.3, -0.25) is 0 Å². The van der Waals surface area contributed by atoms with Gasteiger partial charge in [0.15, 0.2) is 0 Å². The van der Waals surface area contributed by atoms with Gasteiger partial charge in [-0.15, -0.1) is 0 Å². The van der Waals surface area contributed by atoms with Gasteiger partial charge in [0.2, 0.25) is 10.0 Å². The van der Waals surface area contributed by atoms with Crippen molar-refractivity contribution in [1.29, 1.82) is 10.5 Å². The molecule has 21 heavy (non-hydrogen) atoms.